The molecule has 10 nitrogen and oxygen atoms in total. The Morgan fingerprint density at radius 1 is 1.10 bits per heavy atom. The molecular formula is C19H19N3O7. The maximum absolute atomic E-state index is 12.6. The SMILES string of the molecule is CCOC(=O)CN(C(=O)COC(=O)c1ccc([N+](=O)[O-])cc1N)c1ccccc1. The molecule has 0 heterocycles. The molecule has 2 aromatic rings. The number of esters is 2. The van der Waals surface area contributed by atoms with E-state index in [-0.39, 0.29) is 30.1 Å². The van der Waals surface area contributed by atoms with Crippen molar-refractivity contribution in [3.8, 4) is 0 Å². The third-order valence-electron chi connectivity index (χ3n) is 3.75. The Morgan fingerprint density at radius 3 is 2.38 bits per heavy atom. The zero-order valence-electron chi connectivity index (χ0n) is 15.6. The molecule has 0 aliphatic rings. The highest BCUT2D eigenvalue weighted by atomic mass is 16.6. The van der Waals surface area contributed by atoms with E-state index < -0.39 is 29.4 Å². The van der Waals surface area contributed by atoms with Crippen molar-refractivity contribution in [2.45, 2.75) is 6.92 Å². The highest BCUT2D eigenvalue weighted by molar-refractivity contribution is 6.01. The van der Waals surface area contributed by atoms with Crippen molar-refractivity contribution in [1.29, 1.82) is 0 Å². The Morgan fingerprint density at radius 2 is 1.79 bits per heavy atom. The summed E-state index contributed by atoms with van der Waals surface area (Å²) in [5.41, 5.74) is 5.54. The fourth-order valence-electron chi connectivity index (χ4n) is 2.40. The number of carbonyl (C=O) groups excluding carboxylic acids is 3. The number of nitro groups is 1. The van der Waals surface area contributed by atoms with Crippen molar-refractivity contribution in [3.05, 3.63) is 64.2 Å². The smallest absolute Gasteiger partial charge is 0.340 e. The Kier molecular flexibility index (Phi) is 7.24. The van der Waals surface area contributed by atoms with Crippen molar-refractivity contribution in [3.63, 3.8) is 0 Å². The summed E-state index contributed by atoms with van der Waals surface area (Å²) >= 11 is 0. The van der Waals surface area contributed by atoms with Gasteiger partial charge in [0.15, 0.2) is 6.61 Å². The Hall–Kier alpha value is -3.95. The minimum atomic E-state index is -0.921. The van der Waals surface area contributed by atoms with Gasteiger partial charge in [-0.3, -0.25) is 24.6 Å². The summed E-state index contributed by atoms with van der Waals surface area (Å²) in [7, 11) is 0. The van der Waals surface area contributed by atoms with Crippen LogP contribution in [0.2, 0.25) is 0 Å². The molecule has 0 aromatic heterocycles. The van der Waals surface area contributed by atoms with Crippen LogP contribution < -0.4 is 10.6 Å². The van der Waals surface area contributed by atoms with Crippen molar-refractivity contribution in [1.82, 2.24) is 0 Å². The molecule has 0 saturated carbocycles. The molecule has 152 valence electrons. The second-order valence-electron chi connectivity index (χ2n) is 5.73. The second kappa shape index (κ2) is 9.83. The van der Waals surface area contributed by atoms with Gasteiger partial charge in [0.25, 0.3) is 11.6 Å². The van der Waals surface area contributed by atoms with Crippen LogP contribution in [0, 0.1) is 10.1 Å². The number of anilines is 2. The molecule has 0 saturated heterocycles. The third-order valence-corrected chi connectivity index (χ3v) is 3.75. The van der Waals surface area contributed by atoms with Gasteiger partial charge < -0.3 is 15.2 Å². The first-order valence-electron chi connectivity index (χ1n) is 8.55. The van der Waals surface area contributed by atoms with Crippen LogP contribution in [0.5, 0.6) is 0 Å². The van der Waals surface area contributed by atoms with Crippen LogP contribution in [0.25, 0.3) is 0 Å². The fourth-order valence-corrected chi connectivity index (χ4v) is 2.40. The first-order chi connectivity index (χ1) is 13.8. The van der Waals surface area contributed by atoms with Gasteiger partial charge in [-0.25, -0.2) is 4.79 Å². The highest BCUT2D eigenvalue weighted by Crippen LogP contribution is 2.21. The predicted molar refractivity (Wildman–Crippen MR) is 103 cm³/mol. The van der Waals surface area contributed by atoms with Gasteiger partial charge in [-0.15, -0.1) is 0 Å². The van der Waals surface area contributed by atoms with Gasteiger partial charge in [0.1, 0.15) is 6.54 Å². The van der Waals surface area contributed by atoms with Crippen molar-refractivity contribution >= 4 is 34.9 Å². The summed E-state index contributed by atoms with van der Waals surface area (Å²) in [4.78, 5) is 47.8. The Labute approximate surface area is 166 Å². The van der Waals surface area contributed by atoms with Crippen LogP contribution in [0.1, 0.15) is 17.3 Å². The predicted octanol–water partition coefficient (Wildman–Crippen LogP) is 1.93. The normalized spacial score (nSPS) is 10.1. The molecule has 29 heavy (non-hydrogen) atoms. The molecule has 0 spiro atoms. The summed E-state index contributed by atoms with van der Waals surface area (Å²) in [6.45, 7) is 0.782. The molecule has 0 bridgehead atoms. The second-order valence-corrected chi connectivity index (χ2v) is 5.73. The van der Waals surface area contributed by atoms with E-state index in [1.54, 1.807) is 37.3 Å². The maximum atomic E-state index is 12.6. The third kappa shape index (κ3) is 5.76. The van der Waals surface area contributed by atoms with Gasteiger partial charge in [0.2, 0.25) is 0 Å². The topological polar surface area (TPSA) is 142 Å². The number of para-hydroxylation sites is 1. The average molecular weight is 401 g/mol. The van der Waals surface area contributed by atoms with Gasteiger partial charge in [0, 0.05) is 17.8 Å². The lowest BCUT2D eigenvalue weighted by Gasteiger charge is -2.21. The molecule has 0 aliphatic heterocycles. The summed E-state index contributed by atoms with van der Waals surface area (Å²) in [6, 6.07) is 11.6. The Balaban J connectivity index is 2.10. The number of hydrogen-bond acceptors (Lipinski definition) is 8. The Bertz CT molecular complexity index is 915. The van der Waals surface area contributed by atoms with Gasteiger partial charge in [0.05, 0.1) is 22.8 Å². The van der Waals surface area contributed by atoms with Gasteiger partial charge in [-0.2, -0.15) is 0 Å². The molecule has 0 atom stereocenters. The zero-order valence-corrected chi connectivity index (χ0v) is 15.6. The van der Waals surface area contributed by atoms with Crippen LogP contribution in [0.4, 0.5) is 17.1 Å². The minimum Gasteiger partial charge on any atom is -0.465 e. The summed E-state index contributed by atoms with van der Waals surface area (Å²) < 4.78 is 9.86. The largest absolute Gasteiger partial charge is 0.465 e. The first-order valence-corrected chi connectivity index (χ1v) is 8.55. The summed E-state index contributed by atoms with van der Waals surface area (Å²) in [6.07, 6.45) is 0. The van der Waals surface area contributed by atoms with Crippen LogP contribution in [-0.2, 0) is 19.1 Å². The number of nitro benzene ring substituents is 1. The molecular weight excluding hydrogens is 382 g/mol. The van der Waals surface area contributed by atoms with Crippen molar-refractivity contribution in [2.24, 2.45) is 0 Å². The molecule has 0 unspecified atom stereocenters. The maximum Gasteiger partial charge on any atom is 0.340 e. The lowest BCUT2D eigenvalue weighted by molar-refractivity contribution is -0.384. The first kappa shape index (κ1) is 21.4. The number of ether oxygens (including phenoxy) is 2. The van der Waals surface area contributed by atoms with E-state index in [0.29, 0.717) is 5.69 Å². The number of carbonyl (C=O) groups is 3. The van der Waals surface area contributed by atoms with Crippen LogP contribution in [0.15, 0.2) is 48.5 Å². The molecule has 2 N–H and O–H groups in total. The van der Waals surface area contributed by atoms with E-state index in [2.05, 4.69) is 0 Å². The van der Waals surface area contributed by atoms with Crippen LogP contribution >= 0.6 is 0 Å². The van der Waals surface area contributed by atoms with Crippen LogP contribution in [-0.4, -0.2) is 42.5 Å². The average Bonchev–Trinajstić information content (AvgIpc) is 2.70. The molecule has 2 rings (SSSR count). The quantitative estimate of drug-likeness (QED) is 0.306. The molecule has 0 aliphatic carbocycles. The van der Waals surface area contributed by atoms with E-state index in [0.717, 1.165) is 23.1 Å². The number of non-ortho nitro benzene ring substituents is 1. The molecule has 0 fully saturated rings. The number of amides is 1. The molecule has 10 heteroatoms. The lowest BCUT2D eigenvalue weighted by atomic mass is 10.1. The minimum absolute atomic E-state index is 0.111. The number of benzene rings is 2. The van der Waals surface area contributed by atoms with Crippen molar-refractivity contribution < 1.29 is 28.8 Å². The molecule has 1 amide bonds. The van der Waals surface area contributed by atoms with Gasteiger partial charge in [-0.1, -0.05) is 18.2 Å². The fraction of sp³-hybridized carbons (Fsp3) is 0.211. The van der Waals surface area contributed by atoms with E-state index in [4.69, 9.17) is 15.2 Å². The number of nitrogens with zero attached hydrogens (tertiary/aromatic N) is 2. The number of nitrogen functional groups attached to an aromatic ring is 1. The van der Waals surface area contributed by atoms with E-state index in [1.165, 1.54) is 0 Å². The molecule has 2 aromatic carbocycles. The summed E-state index contributed by atoms with van der Waals surface area (Å²) in [5, 5.41) is 10.7. The zero-order chi connectivity index (χ0) is 21.4. The summed E-state index contributed by atoms with van der Waals surface area (Å²) in [5.74, 6) is -2.19. The molecule has 0 radical (unpaired) electrons. The van der Waals surface area contributed by atoms with Crippen LogP contribution in [0.3, 0.4) is 0 Å². The van der Waals surface area contributed by atoms with Gasteiger partial charge in [-0.05, 0) is 25.1 Å². The number of nitrogens with two attached hydrogens (primary N) is 1. The van der Waals surface area contributed by atoms with Gasteiger partial charge >= 0.3 is 11.9 Å². The van der Waals surface area contributed by atoms with Crippen molar-refractivity contribution in [2.75, 3.05) is 30.4 Å². The monoisotopic (exact) mass is 401 g/mol. The van der Waals surface area contributed by atoms with E-state index in [9.17, 15) is 24.5 Å². The highest BCUT2D eigenvalue weighted by Gasteiger charge is 2.22. The van der Waals surface area contributed by atoms with E-state index in [1.807, 2.05) is 0 Å². The number of rotatable bonds is 8. The number of hydrogen-bond donors (Lipinski definition) is 1. The van der Waals surface area contributed by atoms with E-state index >= 15 is 0 Å². The standard InChI is InChI=1S/C19H19N3O7/c1-2-28-18(24)11-21(13-6-4-3-5-7-13)17(23)12-29-19(25)15-9-8-14(22(26)27)10-16(15)20/h3-10H,2,11-12,20H2,1H3. The lowest BCUT2D eigenvalue weighted by Crippen LogP contribution is -2.39.